The molecule has 1 aliphatic rings. The van der Waals surface area contributed by atoms with Crippen LogP contribution >= 0.6 is 0 Å². The normalized spacial score (nSPS) is 17.7. The van der Waals surface area contributed by atoms with Crippen LogP contribution in [0, 0.1) is 11.3 Å². The summed E-state index contributed by atoms with van der Waals surface area (Å²) in [6, 6.07) is 21.1. The average Bonchev–Trinajstić information content (AvgIpc) is 3.03. The highest BCUT2D eigenvalue weighted by molar-refractivity contribution is 5.47. The minimum atomic E-state index is 0.510. The van der Waals surface area contributed by atoms with Crippen molar-refractivity contribution in [3.63, 3.8) is 0 Å². The third kappa shape index (κ3) is 3.42. The van der Waals surface area contributed by atoms with Gasteiger partial charge in [-0.2, -0.15) is 5.26 Å². The molecule has 1 saturated heterocycles. The molecule has 1 fully saturated rings. The molecule has 0 radical (unpaired) electrons. The summed E-state index contributed by atoms with van der Waals surface area (Å²) in [5.41, 5.74) is 3.20. The van der Waals surface area contributed by atoms with Gasteiger partial charge in [-0.05, 0) is 36.2 Å². The first kappa shape index (κ1) is 13.7. The van der Waals surface area contributed by atoms with E-state index >= 15 is 0 Å². The van der Waals surface area contributed by atoms with Gasteiger partial charge in [0.25, 0.3) is 0 Å². The third-order valence-electron chi connectivity index (χ3n) is 3.96. The zero-order valence-corrected chi connectivity index (χ0v) is 12.0. The number of benzene rings is 2. The summed E-state index contributed by atoms with van der Waals surface area (Å²) in [7, 11) is 0. The van der Waals surface area contributed by atoms with E-state index in [-0.39, 0.29) is 0 Å². The summed E-state index contributed by atoms with van der Waals surface area (Å²) in [5, 5.41) is 12.5. The van der Waals surface area contributed by atoms with Gasteiger partial charge in [0.05, 0.1) is 11.6 Å². The maximum absolute atomic E-state index is 8.93. The van der Waals surface area contributed by atoms with Crippen LogP contribution in [0.1, 0.15) is 17.5 Å². The van der Waals surface area contributed by atoms with Gasteiger partial charge in [-0.15, -0.1) is 0 Å². The summed E-state index contributed by atoms with van der Waals surface area (Å²) >= 11 is 0. The van der Waals surface area contributed by atoms with Crippen molar-refractivity contribution < 1.29 is 0 Å². The number of hydrogen-bond acceptors (Lipinski definition) is 3. The predicted octanol–water partition coefficient (Wildman–Crippen LogP) is 2.93. The van der Waals surface area contributed by atoms with Crippen LogP contribution in [-0.4, -0.2) is 19.1 Å². The number of para-hydroxylation sites is 1. The highest BCUT2D eigenvalue weighted by Crippen LogP contribution is 2.19. The fourth-order valence-electron chi connectivity index (χ4n) is 2.81. The minimum Gasteiger partial charge on any atom is -0.370 e. The Hall–Kier alpha value is -2.31. The quantitative estimate of drug-likeness (QED) is 0.934. The average molecular weight is 277 g/mol. The lowest BCUT2D eigenvalue weighted by Gasteiger charge is -2.19. The lowest BCUT2D eigenvalue weighted by molar-refractivity contribution is 0.551. The van der Waals surface area contributed by atoms with Crippen molar-refractivity contribution in [3.8, 4) is 6.07 Å². The van der Waals surface area contributed by atoms with Crippen molar-refractivity contribution in [2.45, 2.75) is 19.0 Å². The third-order valence-corrected chi connectivity index (χ3v) is 3.96. The molecule has 2 aromatic carbocycles. The van der Waals surface area contributed by atoms with E-state index in [9.17, 15) is 0 Å². The summed E-state index contributed by atoms with van der Waals surface area (Å²) in [4.78, 5) is 2.42. The molecule has 0 aromatic heterocycles. The van der Waals surface area contributed by atoms with Crippen LogP contribution in [0.5, 0.6) is 0 Å². The molecule has 0 bridgehead atoms. The second kappa shape index (κ2) is 6.43. The van der Waals surface area contributed by atoms with E-state index in [2.05, 4.69) is 52.7 Å². The van der Waals surface area contributed by atoms with Crippen molar-refractivity contribution in [3.05, 3.63) is 65.7 Å². The largest absolute Gasteiger partial charge is 0.370 e. The van der Waals surface area contributed by atoms with Crippen LogP contribution < -0.4 is 10.2 Å². The number of nitriles is 1. The standard InChI is InChI=1S/C18H19N3/c19-12-15-5-4-6-16(11-15)13-20-17-9-10-21(14-17)18-7-2-1-3-8-18/h1-8,11,17,20H,9-10,13-14H2/t17-/m0/s1. The molecular formula is C18H19N3. The van der Waals surface area contributed by atoms with Gasteiger partial charge in [-0.1, -0.05) is 30.3 Å². The van der Waals surface area contributed by atoms with Crippen LogP contribution in [0.3, 0.4) is 0 Å². The first-order valence-corrected chi connectivity index (χ1v) is 7.37. The minimum absolute atomic E-state index is 0.510. The molecule has 106 valence electrons. The second-order valence-electron chi connectivity index (χ2n) is 5.46. The summed E-state index contributed by atoms with van der Waals surface area (Å²) in [6.45, 7) is 2.96. The number of anilines is 1. The molecule has 0 unspecified atom stereocenters. The van der Waals surface area contributed by atoms with Crippen LogP contribution in [0.15, 0.2) is 54.6 Å². The van der Waals surface area contributed by atoms with Gasteiger partial charge in [0, 0.05) is 31.4 Å². The van der Waals surface area contributed by atoms with E-state index in [1.807, 2.05) is 18.2 Å². The van der Waals surface area contributed by atoms with E-state index in [0.29, 0.717) is 6.04 Å². The smallest absolute Gasteiger partial charge is 0.0991 e. The first-order chi connectivity index (χ1) is 10.3. The van der Waals surface area contributed by atoms with E-state index in [0.717, 1.165) is 31.6 Å². The zero-order chi connectivity index (χ0) is 14.5. The van der Waals surface area contributed by atoms with Crippen LogP contribution in [0.2, 0.25) is 0 Å². The molecule has 0 aliphatic carbocycles. The van der Waals surface area contributed by atoms with E-state index in [1.54, 1.807) is 0 Å². The number of nitrogens with zero attached hydrogens (tertiary/aromatic N) is 2. The van der Waals surface area contributed by atoms with E-state index < -0.39 is 0 Å². The summed E-state index contributed by atoms with van der Waals surface area (Å²) in [5.74, 6) is 0. The fraction of sp³-hybridized carbons (Fsp3) is 0.278. The number of hydrogen-bond donors (Lipinski definition) is 1. The van der Waals surface area contributed by atoms with E-state index in [4.69, 9.17) is 5.26 Å². The molecule has 3 nitrogen and oxygen atoms in total. The summed E-state index contributed by atoms with van der Waals surface area (Å²) < 4.78 is 0. The van der Waals surface area contributed by atoms with Crippen molar-refractivity contribution in [2.75, 3.05) is 18.0 Å². The number of rotatable bonds is 4. The Balaban J connectivity index is 1.54. The Morgan fingerprint density at radius 2 is 2.00 bits per heavy atom. The van der Waals surface area contributed by atoms with Gasteiger partial charge >= 0.3 is 0 Å². The van der Waals surface area contributed by atoms with Crippen molar-refractivity contribution in [1.29, 1.82) is 5.26 Å². The lowest BCUT2D eigenvalue weighted by Crippen LogP contribution is -2.32. The van der Waals surface area contributed by atoms with Gasteiger partial charge in [0.2, 0.25) is 0 Å². The van der Waals surface area contributed by atoms with Crippen molar-refractivity contribution in [2.24, 2.45) is 0 Å². The van der Waals surface area contributed by atoms with Crippen LogP contribution in [-0.2, 0) is 6.54 Å². The van der Waals surface area contributed by atoms with Gasteiger partial charge in [-0.25, -0.2) is 0 Å². The second-order valence-corrected chi connectivity index (χ2v) is 5.46. The molecule has 0 saturated carbocycles. The molecule has 1 N–H and O–H groups in total. The molecule has 1 atom stereocenters. The predicted molar refractivity (Wildman–Crippen MR) is 85.1 cm³/mol. The highest BCUT2D eigenvalue weighted by Gasteiger charge is 2.21. The Morgan fingerprint density at radius 1 is 1.14 bits per heavy atom. The Labute approximate surface area is 125 Å². The molecule has 0 spiro atoms. The first-order valence-electron chi connectivity index (χ1n) is 7.37. The zero-order valence-electron chi connectivity index (χ0n) is 12.0. The molecule has 1 heterocycles. The summed E-state index contributed by atoms with van der Waals surface area (Å²) in [6.07, 6.45) is 1.16. The number of nitrogens with one attached hydrogen (secondary N) is 1. The monoisotopic (exact) mass is 277 g/mol. The Bertz CT molecular complexity index is 630. The molecule has 21 heavy (non-hydrogen) atoms. The molecular weight excluding hydrogens is 258 g/mol. The lowest BCUT2D eigenvalue weighted by atomic mass is 10.1. The van der Waals surface area contributed by atoms with Crippen molar-refractivity contribution >= 4 is 5.69 Å². The topological polar surface area (TPSA) is 39.1 Å². The Kier molecular flexibility index (Phi) is 4.18. The molecule has 2 aromatic rings. The molecule has 3 heteroatoms. The maximum atomic E-state index is 8.93. The maximum Gasteiger partial charge on any atom is 0.0991 e. The van der Waals surface area contributed by atoms with Gasteiger partial charge in [-0.3, -0.25) is 0 Å². The van der Waals surface area contributed by atoms with Crippen molar-refractivity contribution in [1.82, 2.24) is 5.32 Å². The molecule has 0 amide bonds. The van der Waals surface area contributed by atoms with Gasteiger partial charge in [0.15, 0.2) is 0 Å². The SMILES string of the molecule is N#Cc1cccc(CN[C@H]2CCN(c3ccccc3)C2)c1. The Morgan fingerprint density at radius 3 is 2.81 bits per heavy atom. The highest BCUT2D eigenvalue weighted by atomic mass is 15.2. The molecule has 3 rings (SSSR count). The molecule has 1 aliphatic heterocycles. The van der Waals surface area contributed by atoms with Crippen LogP contribution in [0.4, 0.5) is 5.69 Å². The fourth-order valence-corrected chi connectivity index (χ4v) is 2.81. The van der Waals surface area contributed by atoms with Gasteiger partial charge < -0.3 is 10.2 Å². The van der Waals surface area contributed by atoms with Gasteiger partial charge in [0.1, 0.15) is 0 Å². The van der Waals surface area contributed by atoms with Crippen LogP contribution in [0.25, 0.3) is 0 Å². The van der Waals surface area contributed by atoms with E-state index in [1.165, 1.54) is 11.3 Å².